The van der Waals surface area contributed by atoms with Gasteiger partial charge in [0, 0.05) is 12.1 Å². The topological polar surface area (TPSA) is 83.5 Å². The second-order valence-corrected chi connectivity index (χ2v) is 4.40. The minimum Gasteiger partial charge on any atom is -0.479 e. The van der Waals surface area contributed by atoms with Gasteiger partial charge in [-0.3, -0.25) is 0 Å². The molecule has 16 heavy (non-hydrogen) atoms. The lowest BCUT2D eigenvalue weighted by atomic mass is 9.94. The average Bonchev–Trinajstić information content (AvgIpc) is 2.13. The minimum absolute atomic E-state index is 0.0737. The van der Waals surface area contributed by atoms with Gasteiger partial charge >= 0.3 is 5.97 Å². The van der Waals surface area contributed by atoms with E-state index in [2.05, 4.69) is 0 Å². The summed E-state index contributed by atoms with van der Waals surface area (Å²) in [5.41, 5.74) is 7.33. The number of aliphatic hydroxyl groups is 1. The van der Waals surface area contributed by atoms with Crippen LogP contribution in [0.3, 0.4) is 0 Å². The maximum Gasteiger partial charge on any atom is 0.335 e. The fourth-order valence-electron chi connectivity index (χ4n) is 1.64. The van der Waals surface area contributed by atoms with Gasteiger partial charge in [0.15, 0.2) is 5.60 Å². The van der Waals surface area contributed by atoms with Crippen LogP contribution < -0.4 is 5.73 Å². The predicted octanol–water partition coefficient (Wildman–Crippen LogP) is 1.26. The molecule has 4 heteroatoms. The third-order valence-corrected chi connectivity index (χ3v) is 2.66. The number of hydrogen-bond acceptors (Lipinski definition) is 3. The molecule has 0 radical (unpaired) electrons. The Morgan fingerprint density at radius 1 is 1.38 bits per heavy atom. The molecule has 4 N–H and O–H groups in total. The SMILES string of the molecule is Cc1cc(CC(C)(O)C(=O)O)cc(C)c1N. The van der Waals surface area contributed by atoms with Crippen LogP contribution in [-0.2, 0) is 11.2 Å². The Morgan fingerprint density at radius 2 is 1.81 bits per heavy atom. The van der Waals surface area contributed by atoms with Crippen molar-refractivity contribution in [3.63, 3.8) is 0 Å². The molecule has 0 amide bonds. The monoisotopic (exact) mass is 223 g/mol. The minimum atomic E-state index is -1.74. The van der Waals surface area contributed by atoms with Crippen LogP contribution in [-0.4, -0.2) is 21.8 Å². The van der Waals surface area contributed by atoms with Crippen LogP contribution in [0.2, 0.25) is 0 Å². The third kappa shape index (κ3) is 2.52. The number of benzene rings is 1. The smallest absolute Gasteiger partial charge is 0.335 e. The van der Waals surface area contributed by atoms with Gasteiger partial charge in [-0.25, -0.2) is 4.79 Å². The number of aliphatic carboxylic acids is 1. The van der Waals surface area contributed by atoms with E-state index in [0.717, 1.165) is 16.7 Å². The zero-order valence-electron chi connectivity index (χ0n) is 9.74. The summed E-state index contributed by atoms with van der Waals surface area (Å²) in [5, 5.41) is 18.5. The van der Waals surface area contributed by atoms with Gasteiger partial charge in [-0.2, -0.15) is 0 Å². The van der Waals surface area contributed by atoms with Crippen molar-refractivity contribution < 1.29 is 15.0 Å². The van der Waals surface area contributed by atoms with Gasteiger partial charge in [0.25, 0.3) is 0 Å². The molecule has 0 bridgehead atoms. The van der Waals surface area contributed by atoms with Crippen molar-refractivity contribution in [1.29, 1.82) is 0 Å². The fraction of sp³-hybridized carbons (Fsp3) is 0.417. The average molecular weight is 223 g/mol. The van der Waals surface area contributed by atoms with E-state index in [1.54, 1.807) is 12.1 Å². The van der Waals surface area contributed by atoms with Crippen molar-refractivity contribution in [3.05, 3.63) is 28.8 Å². The number of nitrogen functional groups attached to an aromatic ring is 1. The molecule has 1 aromatic rings. The molecule has 0 saturated carbocycles. The molecule has 0 heterocycles. The first-order chi connectivity index (χ1) is 7.24. The summed E-state index contributed by atoms with van der Waals surface area (Å²) >= 11 is 0. The van der Waals surface area contributed by atoms with Crippen LogP contribution in [0, 0.1) is 13.8 Å². The predicted molar refractivity (Wildman–Crippen MR) is 62.3 cm³/mol. The molecule has 1 rings (SSSR count). The maximum absolute atomic E-state index is 10.8. The van der Waals surface area contributed by atoms with Crippen LogP contribution >= 0.6 is 0 Å². The fourth-order valence-corrected chi connectivity index (χ4v) is 1.64. The Hall–Kier alpha value is -1.55. The summed E-state index contributed by atoms with van der Waals surface area (Å²) in [5.74, 6) is -1.22. The quantitative estimate of drug-likeness (QED) is 0.674. The van der Waals surface area contributed by atoms with E-state index < -0.39 is 11.6 Å². The largest absolute Gasteiger partial charge is 0.479 e. The number of carbonyl (C=O) groups is 1. The van der Waals surface area contributed by atoms with E-state index in [9.17, 15) is 9.90 Å². The number of carboxylic acids is 1. The van der Waals surface area contributed by atoms with Crippen LogP contribution in [0.15, 0.2) is 12.1 Å². The number of hydrogen-bond donors (Lipinski definition) is 3. The van der Waals surface area contributed by atoms with Gasteiger partial charge in [-0.1, -0.05) is 12.1 Å². The first-order valence-electron chi connectivity index (χ1n) is 5.05. The Kier molecular flexibility index (Phi) is 3.24. The first kappa shape index (κ1) is 12.5. The number of aryl methyl sites for hydroxylation is 2. The Balaban J connectivity index is 3.04. The summed E-state index contributed by atoms with van der Waals surface area (Å²) < 4.78 is 0. The highest BCUT2D eigenvalue weighted by Crippen LogP contribution is 2.22. The summed E-state index contributed by atoms with van der Waals surface area (Å²) in [6.07, 6.45) is 0.0737. The normalized spacial score (nSPS) is 14.5. The first-order valence-corrected chi connectivity index (χ1v) is 5.05. The molecule has 0 aliphatic carbocycles. The van der Waals surface area contributed by atoms with Crippen molar-refractivity contribution in [2.24, 2.45) is 0 Å². The molecule has 1 aromatic carbocycles. The van der Waals surface area contributed by atoms with E-state index in [1.807, 2.05) is 13.8 Å². The highest BCUT2D eigenvalue weighted by atomic mass is 16.4. The lowest BCUT2D eigenvalue weighted by Crippen LogP contribution is -2.37. The van der Waals surface area contributed by atoms with Crippen LogP contribution in [0.25, 0.3) is 0 Å². The second kappa shape index (κ2) is 4.14. The third-order valence-electron chi connectivity index (χ3n) is 2.66. The number of anilines is 1. The number of carboxylic acid groups (broad SMARTS) is 1. The molecule has 4 nitrogen and oxygen atoms in total. The van der Waals surface area contributed by atoms with E-state index in [-0.39, 0.29) is 6.42 Å². The molecule has 0 spiro atoms. The highest BCUT2D eigenvalue weighted by molar-refractivity contribution is 5.77. The van der Waals surface area contributed by atoms with Crippen molar-refractivity contribution in [2.45, 2.75) is 32.8 Å². The molecular formula is C12H17NO3. The number of nitrogens with two attached hydrogens (primary N) is 1. The van der Waals surface area contributed by atoms with E-state index in [0.29, 0.717) is 5.69 Å². The van der Waals surface area contributed by atoms with Crippen LogP contribution in [0.4, 0.5) is 5.69 Å². The molecule has 88 valence electrons. The zero-order valence-corrected chi connectivity index (χ0v) is 9.74. The van der Waals surface area contributed by atoms with Gasteiger partial charge in [0.1, 0.15) is 0 Å². The summed E-state index contributed by atoms with van der Waals surface area (Å²) in [6, 6.07) is 3.61. The van der Waals surface area contributed by atoms with Crippen molar-refractivity contribution in [3.8, 4) is 0 Å². The molecule has 0 fully saturated rings. The summed E-state index contributed by atoms with van der Waals surface area (Å²) in [4.78, 5) is 10.8. The lowest BCUT2D eigenvalue weighted by molar-refractivity contribution is -0.156. The van der Waals surface area contributed by atoms with Gasteiger partial charge in [0.05, 0.1) is 0 Å². The molecule has 1 unspecified atom stereocenters. The number of rotatable bonds is 3. The maximum atomic E-state index is 10.8. The van der Waals surface area contributed by atoms with Crippen LogP contribution in [0.1, 0.15) is 23.6 Å². The standard InChI is InChI=1S/C12H17NO3/c1-7-4-9(5-8(2)10(7)13)6-12(3,16)11(14)15/h4-5,16H,6,13H2,1-3H3,(H,14,15). The molecule has 0 saturated heterocycles. The molecule has 0 aliphatic rings. The molecule has 0 aromatic heterocycles. The Labute approximate surface area is 94.7 Å². The van der Waals surface area contributed by atoms with Crippen molar-refractivity contribution in [1.82, 2.24) is 0 Å². The van der Waals surface area contributed by atoms with Crippen LogP contribution in [0.5, 0.6) is 0 Å². The molecular weight excluding hydrogens is 206 g/mol. The van der Waals surface area contributed by atoms with Gasteiger partial charge < -0.3 is 15.9 Å². The second-order valence-electron chi connectivity index (χ2n) is 4.40. The molecule has 1 atom stereocenters. The van der Waals surface area contributed by atoms with Crippen molar-refractivity contribution >= 4 is 11.7 Å². The summed E-state index contributed by atoms with van der Waals surface area (Å²) in [6.45, 7) is 5.01. The van der Waals surface area contributed by atoms with Gasteiger partial charge in [-0.05, 0) is 37.5 Å². The Bertz CT molecular complexity index is 401. The summed E-state index contributed by atoms with van der Waals surface area (Å²) in [7, 11) is 0. The lowest BCUT2D eigenvalue weighted by Gasteiger charge is -2.19. The van der Waals surface area contributed by atoms with Gasteiger partial charge in [-0.15, -0.1) is 0 Å². The van der Waals surface area contributed by atoms with E-state index in [4.69, 9.17) is 10.8 Å². The van der Waals surface area contributed by atoms with E-state index >= 15 is 0 Å². The zero-order chi connectivity index (χ0) is 12.5. The highest BCUT2D eigenvalue weighted by Gasteiger charge is 2.30. The van der Waals surface area contributed by atoms with Crippen molar-refractivity contribution in [2.75, 3.05) is 5.73 Å². The van der Waals surface area contributed by atoms with E-state index in [1.165, 1.54) is 6.92 Å². The molecule has 0 aliphatic heterocycles. The van der Waals surface area contributed by atoms with Gasteiger partial charge in [0.2, 0.25) is 0 Å². The Morgan fingerprint density at radius 3 is 2.19 bits per heavy atom.